The first-order chi connectivity index (χ1) is 11.2. The Hall–Kier alpha value is -0.420. The van der Waals surface area contributed by atoms with Crippen molar-refractivity contribution in [2.45, 2.75) is 71.5 Å². The van der Waals surface area contributed by atoms with Gasteiger partial charge >= 0.3 is 0 Å². The van der Waals surface area contributed by atoms with Gasteiger partial charge in [-0.1, -0.05) is 32.4 Å². The van der Waals surface area contributed by atoms with E-state index < -0.39 is 6.10 Å². The predicted molar refractivity (Wildman–Crippen MR) is 93.3 cm³/mol. The maximum absolute atomic E-state index is 10.5. The summed E-state index contributed by atoms with van der Waals surface area (Å²) < 4.78 is 0. The minimum atomic E-state index is -0.712. The van der Waals surface area contributed by atoms with Gasteiger partial charge in [-0.2, -0.15) is 0 Å². The van der Waals surface area contributed by atoms with E-state index in [4.69, 9.17) is 0 Å². The normalized spacial score (nSPS) is 49.8. The molecule has 0 amide bonds. The molecule has 3 rings (SSSR count). The standard InChI is InChI=1S/C20H34O4/c1-18(17(24)11-21)7-6-15-13(8-18)4-5-16-19(2,12-22)9-14(23)10-20(15,16)3/h8,14-17,21-24H,4-7,9-12H2,1-3H3/t14-,15-,16-,17?,18-,19-,20+/m0/s1. The first-order valence-electron chi connectivity index (χ1n) is 9.48. The second-order valence-corrected chi connectivity index (χ2v) is 9.49. The van der Waals surface area contributed by atoms with E-state index in [1.807, 2.05) is 6.92 Å². The van der Waals surface area contributed by atoms with Crippen LogP contribution in [0.15, 0.2) is 11.6 Å². The largest absolute Gasteiger partial charge is 0.396 e. The Balaban J connectivity index is 1.95. The maximum Gasteiger partial charge on any atom is 0.0858 e. The summed E-state index contributed by atoms with van der Waals surface area (Å²) in [6, 6.07) is 0. The van der Waals surface area contributed by atoms with Crippen LogP contribution in [0.4, 0.5) is 0 Å². The predicted octanol–water partition coefficient (Wildman–Crippen LogP) is 2.25. The van der Waals surface area contributed by atoms with Gasteiger partial charge < -0.3 is 20.4 Å². The second-order valence-electron chi connectivity index (χ2n) is 9.49. The van der Waals surface area contributed by atoms with Crippen molar-refractivity contribution >= 4 is 0 Å². The molecule has 0 aliphatic heterocycles. The summed E-state index contributed by atoms with van der Waals surface area (Å²) in [6.07, 6.45) is 6.54. The first-order valence-corrected chi connectivity index (χ1v) is 9.48. The number of rotatable bonds is 3. The van der Waals surface area contributed by atoms with Crippen LogP contribution in [0.1, 0.15) is 59.3 Å². The minimum absolute atomic E-state index is 0.00469. The molecule has 0 aromatic rings. The first kappa shape index (κ1) is 18.4. The highest BCUT2D eigenvalue weighted by atomic mass is 16.3. The molecule has 0 aromatic carbocycles. The molecule has 1 unspecified atom stereocenters. The van der Waals surface area contributed by atoms with Crippen molar-refractivity contribution < 1.29 is 20.4 Å². The molecule has 0 aromatic heterocycles. The molecular weight excluding hydrogens is 304 g/mol. The van der Waals surface area contributed by atoms with Crippen LogP contribution < -0.4 is 0 Å². The van der Waals surface area contributed by atoms with E-state index in [2.05, 4.69) is 19.9 Å². The summed E-state index contributed by atoms with van der Waals surface area (Å²) in [4.78, 5) is 0. The fraction of sp³-hybridized carbons (Fsp3) is 0.900. The van der Waals surface area contributed by atoms with Crippen LogP contribution in [0.3, 0.4) is 0 Å². The van der Waals surface area contributed by atoms with Gasteiger partial charge in [0.25, 0.3) is 0 Å². The van der Waals surface area contributed by atoms with Crippen LogP contribution in [-0.4, -0.2) is 45.8 Å². The Kier molecular flexibility index (Phi) is 4.66. The fourth-order valence-corrected chi connectivity index (χ4v) is 6.46. The molecule has 138 valence electrons. The zero-order valence-electron chi connectivity index (χ0n) is 15.3. The van der Waals surface area contributed by atoms with E-state index in [1.54, 1.807) is 0 Å². The molecular formula is C20H34O4. The molecule has 0 bridgehead atoms. The summed E-state index contributed by atoms with van der Waals surface area (Å²) in [5.74, 6) is 0.837. The van der Waals surface area contributed by atoms with Crippen molar-refractivity contribution in [3.63, 3.8) is 0 Å². The Bertz CT molecular complexity index is 518. The molecule has 24 heavy (non-hydrogen) atoms. The van der Waals surface area contributed by atoms with Crippen LogP contribution in [0, 0.1) is 28.1 Å². The quantitative estimate of drug-likeness (QED) is 0.595. The number of allylic oxidation sites excluding steroid dienone is 1. The summed E-state index contributed by atoms with van der Waals surface area (Å²) in [5.41, 5.74) is 0.843. The molecule has 3 aliphatic rings. The summed E-state index contributed by atoms with van der Waals surface area (Å²) in [5, 5.41) is 40.1. The van der Waals surface area contributed by atoms with Gasteiger partial charge in [-0.05, 0) is 61.2 Å². The van der Waals surface area contributed by atoms with Crippen LogP contribution in [0.5, 0.6) is 0 Å². The van der Waals surface area contributed by atoms with E-state index in [0.717, 1.165) is 32.1 Å². The minimum Gasteiger partial charge on any atom is -0.396 e. The Morgan fingerprint density at radius 3 is 2.50 bits per heavy atom. The third-order valence-electron chi connectivity index (χ3n) is 7.76. The number of hydrogen-bond acceptors (Lipinski definition) is 4. The van der Waals surface area contributed by atoms with E-state index in [-0.39, 0.29) is 35.6 Å². The summed E-state index contributed by atoms with van der Waals surface area (Å²) in [6.45, 7) is 6.41. The van der Waals surface area contributed by atoms with Gasteiger partial charge in [0.2, 0.25) is 0 Å². The topological polar surface area (TPSA) is 80.9 Å². The molecule has 0 heterocycles. The monoisotopic (exact) mass is 338 g/mol. The molecule has 3 aliphatic carbocycles. The molecule has 4 heteroatoms. The highest BCUT2D eigenvalue weighted by Gasteiger charge is 2.57. The van der Waals surface area contributed by atoms with Crippen molar-refractivity contribution in [1.82, 2.24) is 0 Å². The highest BCUT2D eigenvalue weighted by molar-refractivity contribution is 5.25. The summed E-state index contributed by atoms with van der Waals surface area (Å²) in [7, 11) is 0. The van der Waals surface area contributed by atoms with Gasteiger partial charge in [0.15, 0.2) is 0 Å². The van der Waals surface area contributed by atoms with Crippen molar-refractivity contribution in [1.29, 1.82) is 0 Å². The van der Waals surface area contributed by atoms with E-state index >= 15 is 0 Å². The zero-order chi connectivity index (χ0) is 17.8. The van der Waals surface area contributed by atoms with E-state index in [1.165, 1.54) is 5.57 Å². The van der Waals surface area contributed by atoms with Gasteiger partial charge in [-0.3, -0.25) is 0 Å². The third kappa shape index (κ3) is 2.66. The fourth-order valence-electron chi connectivity index (χ4n) is 6.46. The Morgan fingerprint density at radius 2 is 1.88 bits per heavy atom. The molecule has 0 saturated heterocycles. The molecule has 2 saturated carbocycles. The van der Waals surface area contributed by atoms with E-state index in [9.17, 15) is 20.4 Å². The molecule has 4 N–H and O–H groups in total. The van der Waals surface area contributed by atoms with Crippen LogP contribution in [0.25, 0.3) is 0 Å². The van der Waals surface area contributed by atoms with E-state index in [0.29, 0.717) is 18.3 Å². The van der Waals surface area contributed by atoms with Crippen molar-refractivity contribution in [2.75, 3.05) is 13.2 Å². The van der Waals surface area contributed by atoms with Crippen LogP contribution in [0.2, 0.25) is 0 Å². The Morgan fingerprint density at radius 1 is 1.17 bits per heavy atom. The smallest absolute Gasteiger partial charge is 0.0858 e. The lowest BCUT2D eigenvalue weighted by Crippen LogP contribution is -2.56. The van der Waals surface area contributed by atoms with Gasteiger partial charge in [-0.15, -0.1) is 0 Å². The van der Waals surface area contributed by atoms with Gasteiger partial charge in [0.1, 0.15) is 0 Å². The lowest BCUT2D eigenvalue weighted by Gasteiger charge is -2.61. The average Bonchev–Trinajstić information content (AvgIpc) is 2.52. The van der Waals surface area contributed by atoms with Crippen molar-refractivity contribution in [3.8, 4) is 0 Å². The second kappa shape index (κ2) is 6.08. The van der Waals surface area contributed by atoms with Gasteiger partial charge in [0, 0.05) is 12.0 Å². The molecule has 4 nitrogen and oxygen atoms in total. The Labute approximate surface area is 145 Å². The van der Waals surface area contributed by atoms with Crippen LogP contribution >= 0.6 is 0 Å². The molecule has 2 fully saturated rings. The highest BCUT2D eigenvalue weighted by Crippen LogP contribution is 2.63. The average molecular weight is 338 g/mol. The number of fused-ring (bicyclic) bond motifs is 3. The molecule has 7 atom stereocenters. The third-order valence-corrected chi connectivity index (χ3v) is 7.76. The SMILES string of the molecule is C[C@@]1(CO)C[C@H](O)C[C@]2(C)[C@H]3CC[C@](C)(C(O)CO)C=C3CC[C@@H]12. The number of aliphatic hydroxyl groups is 4. The number of aliphatic hydroxyl groups excluding tert-OH is 4. The van der Waals surface area contributed by atoms with Crippen molar-refractivity contribution in [2.24, 2.45) is 28.1 Å². The maximum atomic E-state index is 10.5. The lowest BCUT2D eigenvalue weighted by atomic mass is 9.44. The molecule has 0 radical (unpaired) electrons. The lowest BCUT2D eigenvalue weighted by molar-refractivity contribution is -0.134. The van der Waals surface area contributed by atoms with Crippen molar-refractivity contribution in [3.05, 3.63) is 11.6 Å². The van der Waals surface area contributed by atoms with Gasteiger partial charge in [-0.25, -0.2) is 0 Å². The molecule has 0 spiro atoms. The van der Waals surface area contributed by atoms with Crippen LogP contribution in [-0.2, 0) is 0 Å². The zero-order valence-corrected chi connectivity index (χ0v) is 15.3. The van der Waals surface area contributed by atoms with Gasteiger partial charge in [0.05, 0.1) is 18.8 Å². The summed E-state index contributed by atoms with van der Waals surface area (Å²) >= 11 is 0. The number of hydrogen-bond donors (Lipinski definition) is 4.